The third kappa shape index (κ3) is 6.47. The number of phenols is 2. The van der Waals surface area contributed by atoms with Crippen molar-refractivity contribution in [2.24, 2.45) is 0 Å². The van der Waals surface area contributed by atoms with Crippen molar-refractivity contribution >= 4 is 11.9 Å². The Labute approximate surface area is 129 Å². The van der Waals surface area contributed by atoms with Gasteiger partial charge in [-0.2, -0.15) is 0 Å². The first-order valence-electron chi connectivity index (χ1n) is 7.44. The van der Waals surface area contributed by atoms with Crippen molar-refractivity contribution in [3.8, 4) is 11.5 Å². The number of phenolic OH excluding ortho intramolecular Hbond substituents is 2. The average molecular weight is 310 g/mol. The van der Waals surface area contributed by atoms with Gasteiger partial charge in [-0.25, -0.2) is 19.4 Å². The van der Waals surface area contributed by atoms with E-state index in [1.807, 2.05) is 0 Å². The lowest BCUT2D eigenvalue weighted by molar-refractivity contribution is -0.258. The minimum absolute atomic E-state index is 0.0307. The number of unbranched alkanes of at least 4 members (excludes halogenated alkanes) is 4. The Hall–Kier alpha value is -2.24. The number of hydrogen-bond donors (Lipinski definition) is 2. The Morgan fingerprint density at radius 3 is 2.18 bits per heavy atom. The fraction of sp³-hybridized carbons (Fsp3) is 0.500. The monoisotopic (exact) mass is 310 g/mol. The Morgan fingerprint density at radius 2 is 1.55 bits per heavy atom. The summed E-state index contributed by atoms with van der Waals surface area (Å²) in [6.45, 7) is 2.11. The van der Waals surface area contributed by atoms with Gasteiger partial charge in [0.25, 0.3) is 0 Å². The minimum atomic E-state index is -0.865. The second-order valence-electron chi connectivity index (χ2n) is 5.03. The summed E-state index contributed by atoms with van der Waals surface area (Å²) in [4.78, 5) is 31.7. The van der Waals surface area contributed by atoms with Crippen molar-refractivity contribution in [2.75, 3.05) is 0 Å². The van der Waals surface area contributed by atoms with Gasteiger partial charge in [0.2, 0.25) is 0 Å². The van der Waals surface area contributed by atoms with Crippen LogP contribution in [-0.4, -0.2) is 22.2 Å². The Morgan fingerprint density at radius 1 is 0.955 bits per heavy atom. The molecule has 0 fully saturated rings. The number of aromatic hydroxyl groups is 2. The second kappa shape index (κ2) is 9.65. The number of benzene rings is 1. The van der Waals surface area contributed by atoms with E-state index in [4.69, 9.17) is 0 Å². The molecule has 0 aromatic heterocycles. The molecule has 0 aliphatic rings. The summed E-state index contributed by atoms with van der Waals surface area (Å²) >= 11 is 0. The molecule has 0 heterocycles. The molecule has 6 nitrogen and oxygen atoms in total. The molecular weight excluding hydrogens is 288 g/mol. The fourth-order valence-electron chi connectivity index (χ4n) is 1.93. The largest absolute Gasteiger partial charge is 0.508 e. The summed E-state index contributed by atoms with van der Waals surface area (Å²) in [5.74, 6) is -1.92. The quantitative estimate of drug-likeness (QED) is 0.435. The lowest BCUT2D eigenvalue weighted by Gasteiger charge is -2.06. The molecule has 0 radical (unpaired) electrons. The van der Waals surface area contributed by atoms with Crippen molar-refractivity contribution in [1.82, 2.24) is 0 Å². The van der Waals surface area contributed by atoms with Gasteiger partial charge in [0, 0.05) is 5.56 Å². The molecule has 0 unspecified atom stereocenters. The predicted molar refractivity (Wildman–Crippen MR) is 79.0 cm³/mol. The first-order chi connectivity index (χ1) is 10.5. The van der Waals surface area contributed by atoms with Gasteiger partial charge in [0.15, 0.2) is 0 Å². The third-order valence-corrected chi connectivity index (χ3v) is 3.16. The molecule has 1 aromatic carbocycles. The van der Waals surface area contributed by atoms with Gasteiger partial charge in [-0.1, -0.05) is 38.7 Å². The highest BCUT2D eigenvalue weighted by molar-refractivity contribution is 5.76. The van der Waals surface area contributed by atoms with Gasteiger partial charge >= 0.3 is 11.9 Å². The summed E-state index contributed by atoms with van der Waals surface area (Å²) in [7, 11) is 0. The van der Waals surface area contributed by atoms with Gasteiger partial charge in [-0.3, -0.25) is 0 Å². The standard InChI is InChI=1S/C16H22O6/c1-2-3-4-5-6-10-15(19)21-22-16(20)11-12-13(17)8-7-9-14(12)18/h7-9,17-18H,2-6,10-11H2,1H3. The van der Waals surface area contributed by atoms with Gasteiger partial charge in [-0.15, -0.1) is 0 Å². The smallest absolute Gasteiger partial charge is 0.360 e. The maximum Gasteiger partial charge on any atom is 0.360 e. The van der Waals surface area contributed by atoms with Crippen LogP contribution in [0.1, 0.15) is 51.0 Å². The van der Waals surface area contributed by atoms with Gasteiger partial charge in [-0.05, 0) is 18.6 Å². The predicted octanol–water partition coefficient (Wildman–Crippen LogP) is 3.00. The van der Waals surface area contributed by atoms with Crippen LogP contribution in [0.2, 0.25) is 0 Å². The topological polar surface area (TPSA) is 93.1 Å². The van der Waals surface area contributed by atoms with E-state index in [1.165, 1.54) is 18.2 Å². The second-order valence-corrected chi connectivity index (χ2v) is 5.03. The zero-order valence-corrected chi connectivity index (χ0v) is 12.7. The number of carbonyl (C=O) groups is 2. The van der Waals surface area contributed by atoms with Crippen LogP contribution in [0.25, 0.3) is 0 Å². The summed E-state index contributed by atoms with van der Waals surface area (Å²) in [6, 6.07) is 4.12. The van der Waals surface area contributed by atoms with E-state index in [9.17, 15) is 19.8 Å². The Kier molecular flexibility index (Phi) is 7.81. The SMILES string of the molecule is CCCCCCCC(=O)OOC(=O)Cc1c(O)cccc1O. The van der Waals surface area contributed by atoms with Crippen molar-refractivity contribution in [2.45, 2.75) is 51.9 Å². The number of hydrogen-bond acceptors (Lipinski definition) is 6. The summed E-state index contributed by atoms with van der Waals surface area (Å²) in [6.07, 6.45) is 4.76. The maximum absolute atomic E-state index is 11.5. The molecule has 6 heteroatoms. The molecule has 0 bridgehead atoms. The molecule has 2 N–H and O–H groups in total. The lowest BCUT2D eigenvalue weighted by atomic mass is 10.1. The van der Waals surface area contributed by atoms with Crippen molar-refractivity contribution in [3.05, 3.63) is 23.8 Å². The summed E-state index contributed by atoms with van der Waals surface area (Å²) in [5, 5.41) is 19.1. The zero-order valence-electron chi connectivity index (χ0n) is 12.7. The van der Waals surface area contributed by atoms with E-state index in [-0.39, 0.29) is 29.9 Å². The van der Waals surface area contributed by atoms with E-state index in [2.05, 4.69) is 16.7 Å². The highest BCUT2D eigenvalue weighted by Crippen LogP contribution is 2.26. The van der Waals surface area contributed by atoms with Crippen LogP contribution < -0.4 is 0 Å². The Bertz CT molecular complexity index is 477. The van der Waals surface area contributed by atoms with Crippen LogP contribution >= 0.6 is 0 Å². The highest BCUT2D eigenvalue weighted by atomic mass is 17.2. The maximum atomic E-state index is 11.5. The summed E-state index contributed by atoms with van der Waals surface area (Å²) < 4.78 is 0. The lowest BCUT2D eigenvalue weighted by Crippen LogP contribution is -2.13. The zero-order chi connectivity index (χ0) is 16.4. The van der Waals surface area contributed by atoms with E-state index in [1.54, 1.807) is 0 Å². The van der Waals surface area contributed by atoms with Gasteiger partial charge in [0.05, 0.1) is 12.8 Å². The van der Waals surface area contributed by atoms with E-state index < -0.39 is 11.9 Å². The molecule has 1 rings (SSSR count). The van der Waals surface area contributed by atoms with Crippen molar-refractivity contribution in [3.63, 3.8) is 0 Å². The molecule has 0 spiro atoms. The fourth-order valence-corrected chi connectivity index (χ4v) is 1.93. The van der Waals surface area contributed by atoms with E-state index in [0.717, 1.165) is 25.7 Å². The molecule has 22 heavy (non-hydrogen) atoms. The first kappa shape index (κ1) is 17.8. The number of carbonyl (C=O) groups excluding carboxylic acids is 2. The van der Waals surface area contributed by atoms with Crippen LogP contribution in [0.5, 0.6) is 11.5 Å². The van der Waals surface area contributed by atoms with Crippen LogP contribution in [0.4, 0.5) is 0 Å². The molecule has 1 aromatic rings. The molecule has 0 aliphatic heterocycles. The van der Waals surface area contributed by atoms with Crippen LogP contribution in [-0.2, 0) is 25.8 Å². The molecule has 0 saturated heterocycles. The normalized spacial score (nSPS) is 10.2. The van der Waals surface area contributed by atoms with Crippen LogP contribution in [0.15, 0.2) is 18.2 Å². The highest BCUT2D eigenvalue weighted by Gasteiger charge is 2.15. The van der Waals surface area contributed by atoms with Crippen molar-refractivity contribution in [1.29, 1.82) is 0 Å². The molecular formula is C16H22O6. The van der Waals surface area contributed by atoms with Crippen LogP contribution in [0, 0.1) is 0 Å². The van der Waals surface area contributed by atoms with E-state index in [0.29, 0.717) is 6.42 Å². The first-order valence-corrected chi connectivity index (χ1v) is 7.44. The number of rotatable bonds is 8. The van der Waals surface area contributed by atoms with Crippen LogP contribution in [0.3, 0.4) is 0 Å². The molecule has 0 atom stereocenters. The average Bonchev–Trinajstić information content (AvgIpc) is 2.49. The van der Waals surface area contributed by atoms with Crippen molar-refractivity contribution < 1.29 is 29.6 Å². The molecule has 0 amide bonds. The minimum Gasteiger partial charge on any atom is -0.508 e. The molecule has 122 valence electrons. The van der Waals surface area contributed by atoms with Gasteiger partial charge < -0.3 is 10.2 Å². The molecule has 0 aliphatic carbocycles. The summed E-state index contributed by atoms with van der Waals surface area (Å²) in [5.41, 5.74) is 0.0307. The Balaban J connectivity index is 2.27. The molecule has 0 saturated carbocycles. The van der Waals surface area contributed by atoms with Gasteiger partial charge in [0.1, 0.15) is 11.5 Å². The third-order valence-electron chi connectivity index (χ3n) is 3.16. The van der Waals surface area contributed by atoms with E-state index >= 15 is 0 Å².